The van der Waals surface area contributed by atoms with Crippen molar-refractivity contribution in [2.45, 2.75) is 39.2 Å². The molecule has 0 bridgehead atoms. The van der Waals surface area contributed by atoms with Crippen LogP contribution in [0.1, 0.15) is 33.1 Å². The van der Waals surface area contributed by atoms with Crippen LogP contribution >= 0.6 is 0 Å². The molecule has 0 aromatic heterocycles. The van der Waals surface area contributed by atoms with Gasteiger partial charge in [-0.15, -0.1) is 0 Å². The molecule has 0 spiro atoms. The first-order valence-electron chi connectivity index (χ1n) is 6.25. The van der Waals surface area contributed by atoms with Gasteiger partial charge >= 0.3 is 0 Å². The zero-order chi connectivity index (χ0) is 12.8. The topological polar surface area (TPSA) is 69.6 Å². The Morgan fingerprint density at radius 2 is 2.24 bits per heavy atom. The number of carbonyl (C=O) groups excluding carboxylic acids is 2. The van der Waals surface area contributed by atoms with Crippen molar-refractivity contribution in [2.24, 2.45) is 5.92 Å². The van der Waals surface area contributed by atoms with Gasteiger partial charge in [-0.1, -0.05) is 6.92 Å². The number of hydrogen-bond donors (Lipinski definition) is 2. The van der Waals surface area contributed by atoms with Gasteiger partial charge in [-0.05, 0) is 19.3 Å². The minimum absolute atomic E-state index is 0.0242. The summed E-state index contributed by atoms with van der Waals surface area (Å²) in [6, 6.07) is 0. The lowest BCUT2D eigenvalue weighted by atomic mass is 9.97. The lowest BCUT2D eigenvalue weighted by molar-refractivity contribution is -0.134. The van der Waals surface area contributed by atoms with E-state index in [1.54, 1.807) is 4.90 Å². The molecule has 0 aromatic carbocycles. The van der Waals surface area contributed by atoms with E-state index in [1.807, 2.05) is 6.92 Å². The van der Waals surface area contributed by atoms with Crippen LogP contribution in [0.3, 0.4) is 0 Å². The van der Waals surface area contributed by atoms with E-state index >= 15 is 0 Å². The summed E-state index contributed by atoms with van der Waals surface area (Å²) >= 11 is 0. The highest BCUT2D eigenvalue weighted by molar-refractivity contribution is 5.80. The summed E-state index contributed by atoms with van der Waals surface area (Å²) in [5.41, 5.74) is 0. The molecule has 1 heterocycles. The normalized spacial score (nSPS) is 22.1. The Labute approximate surface area is 102 Å². The predicted octanol–water partition coefficient (Wildman–Crippen LogP) is 0.132. The minimum atomic E-state index is -0.480. The Kier molecular flexibility index (Phi) is 5.41. The number of nitrogens with one attached hydrogen (secondary N) is 1. The smallest absolute Gasteiger partial charge is 0.224 e. The molecule has 0 aromatic rings. The monoisotopic (exact) mass is 242 g/mol. The van der Waals surface area contributed by atoms with Gasteiger partial charge in [-0.3, -0.25) is 9.59 Å². The summed E-state index contributed by atoms with van der Waals surface area (Å²) in [6.07, 6.45) is 1.84. The summed E-state index contributed by atoms with van der Waals surface area (Å²) in [6.45, 7) is 4.95. The Balaban J connectivity index is 2.38. The first kappa shape index (κ1) is 14.0. The number of aliphatic hydroxyl groups is 1. The Morgan fingerprint density at radius 3 is 2.82 bits per heavy atom. The van der Waals surface area contributed by atoms with Crippen molar-refractivity contribution in [3.8, 4) is 0 Å². The Bertz CT molecular complexity index is 281. The molecule has 5 heteroatoms. The molecule has 0 radical (unpaired) electrons. The number of carbonyl (C=O) groups is 2. The average Bonchev–Trinajstić information content (AvgIpc) is 2.35. The van der Waals surface area contributed by atoms with Gasteiger partial charge in [-0.25, -0.2) is 0 Å². The Hall–Kier alpha value is -1.10. The van der Waals surface area contributed by atoms with Crippen molar-refractivity contribution in [3.63, 3.8) is 0 Å². The number of amides is 2. The minimum Gasteiger partial charge on any atom is -0.391 e. The summed E-state index contributed by atoms with van der Waals surface area (Å²) in [5, 5.41) is 12.1. The number of likely N-dealkylation sites (tertiary alicyclic amines) is 1. The number of rotatable bonds is 4. The number of hydrogen-bond acceptors (Lipinski definition) is 3. The molecule has 2 atom stereocenters. The van der Waals surface area contributed by atoms with Gasteiger partial charge in [0.1, 0.15) is 0 Å². The van der Waals surface area contributed by atoms with Crippen LogP contribution in [-0.2, 0) is 9.59 Å². The van der Waals surface area contributed by atoms with E-state index in [4.69, 9.17) is 0 Å². The summed E-state index contributed by atoms with van der Waals surface area (Å²) in [4.78, 5) is 24.8. The van der Waals surface area contributed by atoms with E-state index < -0.39 is 6.10 Å². The Morgan fingerprint density at radius 1 is 1.53 bits per heavy atom. The van der Waals surface area contributed by atoms with E-state index in [-0.39, 0.29) is 17.7 Å². The van der Waals surface area contributed by atoms with E-state index in [9.17, 15) is 14.7 Å². The molecule has 1 aliphatic rings. The van der Waals surface area contributed by atoms with Crippen LogP contribution < -0.4 is 5.32 Å². The molecule has 5 nitrogen and oxygen atoms in total. The maximum Gasteiger partial charge on any atom is 0.224 e. The van der Waals surface area contributed by atoms with E-state index in [0.29, 0.717) is 19.5 Å². The molecule has 2 N–H and O–H groups in total. The molecular formula is C12H22N2O3. The highest BCUT2D eigenvalue weighted by atomic mass is 16.3. The molecule has 2 unspecified atom stereocenters. The maximum atomic E-state index is 11.8. The summed E-state index contributed by atoms with van der Waals surface area (Å²) in [7, 11) is 0. The van der Waals surface area contributed by atoms with Crippen LogP contribution in [0.2, 0.25) is 0 Å². The third kappa shape index (κ3) is 4.34. The van der Waals surface area contributed by atoms with Crippen molar-refractivity contribution in [1.82, 2.24) is 10.2 Å². The van der Waals surface area contributed by atoms with Gasteiger partial charge < -0.3 is 15.3 Å². The largest absolute Gasteiger partial charge is 0.391 e. The zero-order valence-corrected chi connectivity index (χ0v) is 10.6. The SMILES string of the molecule is CCC(O)CNC(=O)C1CCCN(C(C)=O)C1. The average molecular weight is 242 g/mol. The fourth-order valence-corrected chi connectivity index (χ4v) is 1.98. The fraction of sp³-hybridized carbons (Fsp3) is 0.833. The van der Waals surface area contributed by atoms with Crippen molar-refractivity contribution in [1.29, 1.82) is 0 Å². The zero-order valence-electron chi connectivity index (χ0n) is 10.6. The molecule has 1 saturated heterocycles. The lowest BCUT2D eigenvalue weighted by Crippen LogP contribution is -2.45. The molecule has 17 heavy (non-hydrogen) atoms. The molecular weight excluding hydrogens is 220 g/mol. The van der Waals surface area contributed by atoms with E-state index in [2.05, 4.69) is 5.32 Å². The van der Waals surface area contributed by atoms with Gasteiger partial charge in [0, 0.05) is 26.6 Å². The number of piperidine rings is 1. The van der Waals surface area contributed by atoms with E-state index in [0.717, 1.165) is 19.4 Å². The second kappa shape index (κ2) is 6.59. The van der Waals surface area contributed by atoms with Crippen molar-refractivity contribution < 1.29 is 14.7 Å². The number of nitrogens with zero attached hydrogens (tertiary/aromatic N) is 1. The van der Waals surface area contributed by atoms with Crippen LogP contribution in [0.15, 0.2) is 0 Å². The van der Waals surface area contributed by atoms with Crippen molar-refractivity contribution >= 4 is 11.8 Å². The molecule has 98 valence electrons. The summed E-state index contributed by atoms with van der Waals surface area (Å²) in [5.74, 6) is -0.156. The van der Waals surface area contributed by atoms with E-state index in [1.165, 1.54) is 6.92 Å². The number of aliphatic hydroxyl groups excluding tert-OH is 1. The van der Waals surface area contributed by atoms with Crippen LogP contribution in [0.4, 0.5) is 0 Å². The third-order valence-electron chi connectivity index (χ3n) is 3.22. The quantitative estimate of drug-likeness (QED) is 0.736. The first-order valence-corrected chi connectivity index (χ1v) is 6.25. The van der Waals surface area contributed by atoms with Crippen molar-refractivity contribution in [3.05, 3.63) is 0 Å². The van der Waals surface area contributed by atoms with Crippen LogP contribution in [0.25, 0.3) is 0 Å². The third-order valence-corrected chi connectivity index (χ3v) is 3.22. The molecule has 1 rings (SSSR count). The van der Waals surface area contributed by atoms with Gasteiger partial charge in [0.2, 0.25) is 11.8 Å². The standard InChI is InChI=1S/C12H22N2O3/c1-3-11(16)7-13-12(17)10-5-4-6-14(8-10)9(2)15/h10-11,16H,3-8H2,1-2H3,(H,13,17). The molecule has 0 aliphatic carbocycles. The first-order chi connectivity index (χ1) is 8.04. The highest BCUT2D eigenvalue weighted by Gasteiger charge is 2.26. The van der Waals surface area contributed by atoms with Gasteiger partial charge in [0.05, 0.1) is 12.0 Å². The lowest BCUT2D eigenvalue weighted by Gasteiger charge is -2.31. The summed E-state index contributed by atoms with van der Waals surface area (Å²) < 4.78 is 0. The fourth-order valence-electron chi connectivity index (χ4n) is 1.98. The van der Waals surface area contributed by atoms with Crippen molar-refractivity contribution in [2.75, 3.05) is 19.6 Å². The van der Waals surface area contributed by atoms with Gasteiger partial charge in [0.25, 0.3) is 0 Å². The van der Waals surface area contributed by atoms with Gasteiger partial charge in [-0.2, -0.15) is 0 Å². The van der Waals surface area contributed by atoms with Crippen LogP contribution in [-0.4, -0.2) is 47.6 Å². The predicted molar refractivity (Wildman–Crippen MR) is 64.3 cm³/mol. The van der Waals surface area contributed by atoms with Crippen LogP contribution in [0, 0.1) is 5.92 Å². The van der Waals surface area contributed by atoms with Gasteiger partial charge in [0.15, 0.2) is 0 Å². The molecule has 1 fully saturated rings. The second-order valence-corrected chi connectivity index (χ2v) is 4.61. The maximum absolute atomic E-state index is 11.8. The highest BCUT2D eigenvalue weighted by Crippen LogP contribution is 2.16. The molecule has 0 saturated carbocycles. The molecule has 1 aliphatic heterocycles. The second-order valence-electron chi connectivity index (χ2n) is 4.61. The molecule has 2 amide bonds. The van der Waals surface area contributed by atoms with Crippen LogP contribution in [0.5, 0.6) is 0 Å².